The predicted molar refractivity (Wildman–Crippen MR) is 86.7 cm³/mol. The van der Waals surface area contributed by atoms with E-state index in [4.69, 9.17) is 0 Å². The lowest BCUT2D eigenvalue weighted by atomic mass is 9.94. The molecule has 2 aliphatic heterocycles. The lowest BCUT2D eigenvalue weighted by Gasteiger charge is -2.19. The predicted octanol–water partition coefficient (Wildman–Crippen LogP) is 1.83. The molecule has 6 heteroatoms. The maximum atomic E-state index is 11.9. The molecule has 1 fully saturated rings. The second kappa shape index (κ2) is 5.29. The van der Waals surface area contributed by atoms with E-state index < -0.39 is 0 Å². The number of H-pyrrole nitrogens is 1. The van der Waals surface area contributed by atoms with Gasteiger partial charge in [0.25, 0.3) is 0 Å². The first-order valence-electron chi connectivity index (χ1n) is 7.55. The first-order chi connectivity index (χ1) is 11.3. The summed E-state index contributed by atoms with van der Waals surface area (Å²) >= 11 is 0. The van der Waals surface area contributed by atoms with Gasteiger partial charge in [0.15, 0.2) is 0 Å². The van der Waals surface area contributed by atoms with E-state index in [1.165, 1.54) is 0 Å². The smallest absolute Gasteiger partial charge is 0.321 e. The highest BCUT2D eigenvalue weighted by Gasteiger charge is 2.25. The van der Waals surface area contributed by atoms with Crippen LogP contribution >= 0.6 is 0 Å². The first-order valence-corrected chi connectivity index (χ1v) is 7.55. The molecular weight excluding hydrogens is 290 g/mol. The Balaban J connectivity index is 1.77. The van der Waals surface area contributed by atoms with Crippen molar-refractivity contribution in [1.82, 2.24) is 10.3 Å². The summed E-state index contributed by atoms with van der Waals surface area (Å²) in [7, 11) is 0. The Morgan fingerprint density at radius 2 is 2.26 bits per heavy atom. The number of benzene rings is 1. The molecule has 0 saturated carbocycles. The highest BCUT2D eigenvalue weighted by atomic mass is 16.2. The zero-order valence-electron chi connectivity index (χ0n) is 12.4. The monoisotopic (exact) mass is 305 g/mol. The lowest BCUT2D eigenvalue weighted by Crippen LogP contribution is -2.28. The normalized spacial score (nSPS) is 19.8. The van der Waals surface area contributed by atoms with Crippen LogP contribution in [0.4, 0.5) is 10.5 Å². The number of fused-ring (bicyclic) bond motifs is 1. The molecule has 0 radical (unpaired) electrons. The van der Waals surface area contributed by atoms with E-state index >= 15 is 0 Å². The molecular formula is C17H15N5O. The summed E-state index contributed by atoms with van der Waals surface area (Å²) in [6, 6.07) is 9.54. The average Bonchev–Trinajstić information content (AvgIpc) is 3.22. The number of carbonyl (C=O) groups is 1. The SMILES string of the molecule is N#CC1Cc2c[nH]cc2C(c2cccc(N3CCNC3=O)c2)=N1. The van der Waals surface area contributed by atoms with Crippen LogP contribution < -0.4 is 10.2 Å². The van der Waals surface area contributed by atoms with Crippen molar-refractivity contribution >= 4 is 17.4 Å². The van der Waals surface area contributed by atoms with Crippen molar-refractivity contribution in [3.63, 3.8) is 0 Å². The van der Waals surface area contributed by atoms with E-state index in [-0.39, 0.29) is 12.1 Å². The van der Waals surface area contributed by atoms with Gasteiger partial charge in [-0.1, -0.05) is 12.1 Å². The number of hydrogen-bond acceptors (Lipinski definition) is 3. The van der Waals surface area contributed by atoms with E-state index in [1.54, 1.807) is 4.90 Å². The van der Waals surface area contributed by atoms with E-state index in [9.17, 15) is 10.1 Å². The second-order valence-electron chi connectivity index (χ2n) is 5.65. The van der Waals surface area contributed by atoms with Crippen LogP contribution in [-0.4, -0.2) is 35.9 Å². The van der Waals surface area contributed by atoms with Crippen LogP contribution in [0.3, 0.4) is 0 Å². The van der Waals surface area contributed by atoms with Crippen molar-refractivity contribution in [2.45, 2.75) is 12.5 Å². The average molecular weight is 305 g/mol. The molecule has 23 heavy (non-hydrogen) atoms. The molecule has 0 aliphatic carbocycles. The van der Waals surface area contributed by atoms with Crippen LogP contribution in [0.2, 0.25) is 0 Å². The summed E-state index contributed by atoms with van der Waals surface area (Å²) in [4.78, 5) is 21.3. The standard InChI is InChI=1S/C17H15N5O/c18-8-13-6-12-9-19-10-15(12)16(21-13)11-2-1-3-14(7-11)22-5-4-20-17(22)23/h1-3,7,9-10,13,19H,4-6H2,(H,20,23). The Kier molecular flexibility index (Phi) is 3.12. The summed E-state index contributed by atoms with van der Waals surface area (Å²) in [6.07, 6.45) is 4.47. The van der Waals surface area contributed by atoms with Crippen molar-refractivity contribution in [2.75, 3.05) is 18.0 Å². The topological polar surface area (TPSA) is 84.3 Å². The molecule has 2 N–H and O–H groups in total. The quantitative estimate of drug-likeness (QED) is 0.887. The zero-order valence-corrected chi connectivity index (χ0v) is 12.4. The fraction of sp³-hybridized carbons (Fsp3) is 0.235. The number of aromatic nitrogens is 1. The Hall–Kier alpha value is -3.07. The van der Waals surface area contributed by atoms with E-state index in [0.29, 0.717) is 19.5 Å². The lowest BCUT2D eigenvalue weighted by molar-refractivity contribution is 0.252. The zero-order chi connectivity index (χ0) is 15.8. The van der Waals surface area contributed by atoms with E-state index in [1.807, 2.05) is 36.7 Å². The van der Waals surface area contributed by atoms with Gasteiger partial charge in [0.2, 0.25) is 0 Å². The summed E-state index contributed by atoms with van der Waals surface area (Å²) in [5.41, 5.74) is 4.70. The number of nitrogens with one attached hydrogen (secondary N) is 2. The van der Waals surface area contributed by atoms with Gasteiger partial charge in [-0.2, -0.15) is 5.26 Å². The number of aliphatic imine (C=N–C) groups is 1. The van der Waals surface area contributed by atoms with Gasteiger partial charge >= 0.3 is 6.03 Å². The molecule has 6 nitrogen and oxygen atoms in total. The van der Waals surface area contributed by atoms with Gasteiger partial charge in [0.05, 0.1) is 11.8 Å². The highest BCUT2D eigenvalue weighted by Crippen LogP contribution is 2.26. The molecule has 0 spiro atoms. The van der Waals surface area contributed by atoms with Gasteiger partial charge in [0.1, 0.15) is 6.04 Å². The third kappa shape index (κ3) is 2.27. The summed E-state index contributed by atoms with van der Waals surface area (Å²) in [5, 5.41) is 12.1. The molecule has 114 valence electrons. The fourth-order valence-corrected chi connectivity index (χ4v) is 3.11. The van der Waals surface area contributed by atoms with Gasteiger partial charge in [-0.3, -0.25) is 9.89 Å². The number of aromatic amines is 1. The van der Waals surface area contributed by atoms with E-state index in [0.717, 1.165) is 28.1 Å². The Morgan fingerprint density at radius 1 is 1.35 bits per heavy atom. The number of amides is 2. The first kappa shape index (κ1) is 13.6. The number of nitriles is 1. The second-order valence-corrected chi connectivity index (χ2v) is 5.65. The maximum absolute atomic E-state index is 11.9. The molecule has 1 saturated heterocycles. The van der Waals surface area contributed by atoms with Crippen LogP contribution in [0.15, 0.2) is 41.7 Å². The number of urea groups is 1. The third-order valence-corrected chi connectivity index (χ3v) is 4.22. The van der Waals surface area contributed by atoms with Crippen molar-refractivity contribution in [2.24, 2.45) is 4.99 Å². The number of rotatable bonds is 2. The van der Waals surface area contributed by atoms with Gasteiger partial charge < -0.3 is 10.3 Å². The maximum Gasteiger partial charge on any atom is 0.321 e. The number of carbonyl (C=O) groups excluding carboxylic acids is 1. The molecule has 0 bridgehead atoms. The molecule has 2 aliphatic rings. The summed E-state index contributed by atoms with van der Waals surface area (Å²) in [6.45, 7) is 1.31. The largest absolute Gasteiger partial charge is 0.367 e. The van der Waals surface area contributed by atoms with Crippen molar-refractivity contribution in [3.05, 3.63) is 53.3 Å². The number of hydrogen-bond donors (Lipinski definition) is 2. The molecule has 4 rings (SSSR count). The molecule has 2 amide bonds. The highest BCUT2D eigenvalue weighted by molar-refractivity contribution is 6.15. The van der Waals surface area contributed by atoms with Gasteiger partial charge in [-0.15, -0.1) is 0 Å². The van der Waals surface area contributed by atoms with Crippen LogP contribution in [-0.2, 0) is 6.42 Å². The minimum absolute atomic E-state index is 0.0787. The van der Waals surface area contributed by atoms with Crippen molar-refractivity contribution in [3.8, 4) is 6.07 Å². The number of anilines is 1. The van der Waals surface area contributed by atoms with Gasteiger partial charge in [-0.05, 0) is 17.7 Å². The Bertz CT molecular complexity index is 845. The minimum atomic E-state index is -0.368. The van der Waals surface area contributed by atoms with E-state index in [2.05, 4.69) is 21.4 Å². The van der Waals surface area contributed by atoms with Gasteiger partial charge in [-0.25, -0.2) is 4.79 Å². The minimum Gasteiger partial charge on any atom is -0.367 e. The van der Waals surface area contributed by atoms with Crippen LogP contribution in [0, 0.1) is 11.3 Å². The Labute approximate surface area is 133 Å². The fourth-order valence-electron chi connectivity index (χ4n) is 3.11. The Morgan fingerprint density at radius 3 is 3.04 bits per heavy atom. The van der Waals surface area contributed by atoms with Gasteiger partial charge in [0, 0.05) is 48.7 Å². The molecule has 1 aromatic heterocycles. The molecule has 2 aromatic rings. The summed E-state index contributed by atoms with van der Waals surface area (Å²) < 4.78 is 0. The molecule has 1 aromatic carbocycles. The van der Waals surface area contributed by atoms with Crippen molar-refractivity contribution in [1.29, 1.82) is 5.26 Å². The number of nitrogens with zero attached hydrogens (tertiary/aromatic N) is 3. The van der Waals surface area contributed by atoms with Crippen molar-refractivity contribution < 1.29 is 4.79 Å². The van der Waals surface area contributed by atoms with Crippen LogP contribution in [0.5, 0.6) is 0 Å². The molecule has 3 heterocycles. The third-order valence-electron chi connectivity index (χ3n) is 4.22. The van der Waals surface area contributed by atoms with Crippen LogP contribution in [0.1, 0.15) is 16.7 Å². The molecule has 1 unspecified atom stereocenters. The summed E-state index contributed by atoms with van der Waals surface area (Å²) in [5.74, 6) is 0. The van der Waals surface area contributed by atoms with Crippen LogP contribution in [0.25, 0.3) is 0 Å². The molecule has 1 atom stereocenters.